The van der Waals surface area contributed by atoms with E-state index in [1.807, 2.05) is 31.2 Å². The lowest BCUT2D eigenvalue weighted by Gasteiger charge is -2.10. The summed E-state index contributed by atoms with van der Waals surface area (Å²) in [7, 11) is 0. The van der Waals surface area contributed by atoms with Crippen molar-refractivity contribution in [1.82, 2.24) is 19.9 Å². The van der Waals surface area contributed by atoms with Crippen LogP contribution in [0.3, 0.4) is 0 Å². The van der Waals surface area contributed by atoms with Crippen LogP contribution < -0.4 is 15.9 Å². The molecule has 0 spiro atoms. The number of pyridine rings is 1. The number of carbonyl (C=O) groups is 1. The van der Waals surface area contributed by atoms with E-state index in [1.54, 1.807) is 24.4 Å². The van der Waals surface area contributed by atoms with Crippen LogP contribution in [0.25, 0.3) is 11.5 Å². The van der Waals surface area contributed by atoms with E-state index < -0.39 is 0 Å². The largest absolute Gasteiger partial charge is 0.492 e. The Morgan fingerprint density at radius 3 is 2.81 bits per heavy atom. The Morgan fingerprint density at radius 2 is 2.04 bits per heavy atom. The first-order chi connectivity index (χ1) is 12.7. The highest BCUT2D eigenvalue weighted by Gasteiger charge is 2.15. The van der Waals surface area contributed by atoms with Crippen molar-refractivity contribution in [3.05, 3.63) is 48.7 Å². The first-order valence-corrected chi connectivity index (χ1v) is 8.94. The van der Waals surface area contributed by atoms with Gasteiger partial charge in [0, 0.05) is 6.20 Å². The maximum atomic E-state index is 12.2. The zero-order valence-corrected chi connectivity index (χ0v) is 14.9. The smallest absolute Gasteiger partial charge is 0.234 e. The number of benzene rings is 1. The Hall–Kier alpha value is -3.07. The first-order valence-electron chi connectivity index (χ1n) is 7.95. The number of nitrogens with one attached hydrogen (secondary N) is 1. The summed E-state index contributed by atoms with van der Waals surface area (Å²) in [6, 6.07) is 12.7. The molecule has 0 fully saturated rings. The van der Waals surface area contributed by atoms with Gasteiger partial charge < -0.3 is 15.9 Å². The number of nitrogens with zero attached hydrogens (tertiary/aromatic N) is 4. The summed E-state index contributed by atoms with van der Waals surface area (Å²) in [6.45, 7) is 2.41. The van der Waals surface area contributed by atoms with Gasteiger partial charge in [0.15, 0.2) is 0 Å². The van der Waals surface area contributed by atoms with Gasteiger partial charge in [-0.25, -0.2) is 4.68 Å². The topological polar surface area (TPSA) is 108 Å². The van der Waals surface area contributed by atoms with E-state index in [1.165, 1.54) is 16.4 Å². The maximum absolute atomic E-state index is 12.2. The molecule has 9 heteroatoms. The highest BCUT2D eigenvalue weighted by Crippen LogP contribution is 2.25. The summed E-state index contributed by atoms with van der Waals surface area (Å²) in [5.41, 5.74) is 1.24. The normalized spacial score (nSPS) is 10.5. The second kappa shape index (κ2) is 8.34. The number of anilines is 1. The molecule has 3 aromatic rings. The van der Waals surface area contributed by atoms with Crippen LogP contribution in [0.1, 0.15) is 6.92 Å². The molecular weight excluding hydrogens is 352 g/mol. The zero-order chi connectivity index (χ0) is 18.4. The lowest BCUT2D eigenvalue weighted by atomic mass is 10.3. The third-order valence-electron chi connectivity index (χ3n) is 3.35. The Bertz CT molecular complexity index is 884. The molecule has 0 aliphatic heterocycles. The molecule has 8 nitrogen and oxygen atoms in total. The van der Waals surface area contributed by atoms with Crippen LogP contribution in [0.5, 0.6) is 5.75 Å². The molecule has 26 heavy (non-hydrogen) atoms. The van der Waals surface area contributed by atoms with Gasteiger partial charge in [0.1, 0.15) is 11.4 Å². The first kappa shape index (κ1) is 17.7. The third-order valence-corrected chi connectivity index (χ3v) is 4.29. The second-order valence-corrected chi connectivity index (χ2v) is 6.10. The molecule has 2 heterocycles. The summed E-state index contributed by atoms with van der Waals surface area (Å²) < 4.78 is 6.82. The quantitative estimate of drug-likeness (QED) is 0.485. The number of hydrogen-bond donors (Lipinski definition) is 2. The summed E-state index contributed by atoms with van der Waals surface area (Å²) in [5, 5.41) is 11.3. The van der Waals surface area contributed by atoms with Crippen LogP contribution in [0.2, 0.25) is 0 Å². The minimum atomic E-state index is -0.190. The third kappa shape index (κ3) is 4.12. The van der Waals surface area contributed by atoms with Crippen LogP contribution in [0, 0.1) is 0 Å². The van der Waals surface area contributed by atoms with Crippen molar-refractivity contribution < 1.29 is 9.53 Å². The molecule has 0 aliphatic carbocycles. The van der Waals surface area contributed by atoms with Crippen molar-refractivity contribution in [1.29, 1.82) is 0 Å². The van der Waals surface area contributed by atoms with Gasteiger partial charge in [-0.05, 0) is 31.2 Å². The number of para-hydroxylation sites is 2. The number of nitrogens with two attached hydrogens (primary N) is 1. The van der Waals surface area contributed by atoms with Gasteiger partial charge >= 0.3 is 0 Å². The van der Waals surface area contributed by atoms with Gasteiger partial charge in [-0.1, -0.05) is 30.0 Å². The Kier molecular flexibility index (Phi) is 5.69. The van der Waals surface area contributed by atoms with E-state index in [4.69, 9.17) is 10.6 Å². The van der Waals surface area contributed by atoms with E-state index in [9.17, 15) is 4.79 Å². The summed E-state index contributed by atoms with van der Waals surface area (Å²) in [6.07, 6.45) is 1.65. The molecular formula is C17H18N6O2S. The maximum Gasteiger partial charge on any atom is 0.234 e. The van der Waals surface area contributed by atoms with Crippen LogP contribution in [0.15, 0.2) is 53.8 Å². The van der Waals surface area contributed by atoms with Crippen LogP contribution in [-0.4, -0.2) is 38.1 Å². The summed E-state index contributed by atoms with van der Waals surface area (Å²) >= 11 is 1.19. The molecule has 0 saturated heterocycles. The minimum absolute atomic E-state index is 0.137. The number of amides is 1. The molecule has 0 saturated carbocycles. The highest BCUT2D eigenvalue weighted by molar-refractivity contribution is 7.99. The van der Waals surface area contributed by atoms with Crippen LogP contribution in [0.4, 0.5) is 5.69 Å². The van der Waals surface area contributed by atoms with Gasteiger partial charge in [0.2, 0.25) is 16.9 Å². The van der Waals surface area contributed by atoms with E-state index >= 15 is 0 Å². The molecule has 0 atom stereocenters. The molecule has 1 amide bonds. The lowest BCUT2D eigenvalue weighted by molar-refractivity contribution is -0.113. The number of hydrogen-bond acceptors (Lipinski definition) is 7. The number of aromatic nitrogens is 4. The average molecular weight is 370 g/mol. The number of thioether (sulfide) groups is 1. The van der Waals surface area contributed by atoms with E-state index in [2.05, 4.69) is 20.5 Å². The second-order valence-electron chi connectivity index (χ2n) is 5.16. The summed E-state index contributed by atoms with van der Waals surface area (Å²) in [4.78, 5) is 16.4. The fourth-order valence-corrected chi connectivity index (χ4v) is 2.87. The predicted molar refractivity (Wildman–Crippen MR) is 100 cm³/mol. The molecule has 0 bridgehead atoms. The van der Waals surface area contributed by atoms with Crippen molar-refractivity contribution in [3.8, 4) is 17.3 Å². The molecule has 2 aromatic heterocycles. The monoisotopic (exact) mass is 370 g/mol. The Balaban J connectivity index is 1.63. The molecule has 3 N–H and O–H groups in total. The Labute approximate surface area is 154 Å². The fourth-order valence-electron chi connectivity index (χ4n) is 2.21. The fraction of sp³-hybridized carbons (Fsp3) is 0.176. The van der Waals surface area contributed by atoms with E-state index in [-0.39, 0.29) is 11.7 Å². The van der Waals surface area contributed by atoms with Gasteiger partial charge in [0.25, 0.3) is 0 Å². The minimum Gasteiger partial charge on any atom is -0.492 e. The van der Waals surface area contributed by atoms with Gasteiger partial charge in [0.05, 0.1) is 18.0 Å². The zero-order valence-electron chi connectivity index (χ0n) is 14.1. The van der Waals surface area contributed by atoms with Crippen molar-refractivity contribution in [2.75, 3.05) is 23.5 Å². The van der Waals surface area contributed by atoms with Crippen molar-refractivity contribution in [2.45, 2.75) is 12.1 Å². The van der Waals surface area contributed by atoms with Crippen molar-refractivity contribution >= 4 is 23.4 Å². The highest BCUT2D eigenvalue weighted by atomic mass is 32.2. The lowest BCUT2D eigenvalue weighted by Crippen LogP contribution is -2.17. The van der Waals surface area contributed by atoms with Crippen molar-refractivity contribution in [2.24, 2.45) is 0 Å². The van der Waals surface area contributed by atoms with Crippen LogP contribution >= 0.6 is 11.8 Å². The van der Waals surface area contributed by atoms with Gasteiger partial charge in [-0.15, -0.1) is 10.2 Å². The molecule has 0 aliphatic rings. The SMILES string of the molecule is CCOc1ccccc1NC(=O)CSc1nnc(-c2ccccn2)n1N. The van der Waals surface area contributed by atoms with Gasteiger partial charge in [-0.2, -0.15) is 0 Å². The van der Waals surface area contributed by atoms with E-state index in [0.29, 0.717) is 34.7 Å². The number of rotatable bonds is 7. The van der Waals surface area contributed by atoms with Gasteiger partial charge in [-0.3, -0.25) is 9.78 Å². The molecule has 0 radical (unpaired) electrons. The number of carbonyl (C=O) groups excluding carboxylic acids is 1. The van der Waals surface area contributed by atoms with Crippen molar-refractivity contribution in [3.63, 3.8) is 0 Å². The molecule has 1 aromatic carbocycles. The number of nitrogen functional groups attached to an aromatic ring is 1. The van der Waals surface area contributed by atoms with Crippen LogP contribution in [-0.2, 0) is 4.79 Å². The predicted octanol–water partition coefficient (Wildman–Crippen LogP) is 2.18. The number of ether oxygens (including phenoxy) is 1. The summed E-state index contributed by atoms with van der Waals surface area (Å²) in [5.74, 6) is 7.04. The molecule has 3 rings (SSSR count). The molecule has 0 unspecified atom stereocenters. The molecule has 134 valence electrons. The Morgan fingerprint density at radius 1 is 1.23 bits per heavy atom. The van der Waals surface area contributed by atoms with E-state index in [0.717, 1.165) is 0 Å². The average Bonchev–Trinajstić information content (AvgIpc) is 3.03. The standard InChI is InChI=1S/C17H18N6O2S/c1-2-25-14-9-4-3-7-12(14)20-15(24)11-26-17-22-21-16(23(17)18)13-8-5-6-10-19-13/h3-10H,2,11,18H2,1H3,(H,20,24).